The molecule has 0 aliphatic carbocycles. The minimum atomic E-state index is 0.495. The maximum Gasteiger partial charge on any atom is 0.0605 e. The first-order valence-electron chi connectivity index (χ1n) is 6.26. The Hall–Kier alpha value is -1.18. The van der Waals surface area contributed by atoms with Crippen LogP contribution in [-0.4, -0.2) is 6.04 Å². The molecule has 0 heterocycles. The Kier molecular flexibility index (Phi) is 5.17. The predicted molar refractivity (Wildman–Crippen MR) is 72.8 cm³/mol. The molecule has 1 aromatic rings. The zero-order valence-electron chi connectivity index (χ0n) is 10.7. The average molecular weight is 220 g/mol. The van der Waals surface area contributed by atoms with Crippen LogP contribution in [0.4, 0.5) is 11.4 Å². The van der Waals surface area contributed by atoms with E-state index in [0.29, 0.717) is 6.04 Å². The van der Waals surface area contributed by atoms with E-state index in [4.69, 9.17) is 5.73 Å². The number of unbranched alkanes of at least 4 members (excludes halogenated alkanes) is 2. The average Bonchev–Trinajstić information content (AvgIpc) is 2.24. The third-order valence-electron chi connectivity index (χ3n) is 2.94. The van der Waals surface area contributed by atoms with Gasteiger partial charge in [0.1, 0.15) is 0 Å². The molecule has 0 radical (unpaired) electrons. The Bertz CT molecular complexity index is 300. The summed E-state index contributed by atoms with van der Waals surface area (Å²) < 4.78 is 0. The number of benzene rings is 1. The number of para-hydroxylation sites is 1. The summed E-state index contributed by atoms with van der Waals surface area (Å²) in [6, 6.07) is 6.54. The van der Waals surface area contributed by atoms with E-state index in [0.717, 1.165) is 11.4 Å². The molecule has 3 N–H and O–H groups in total. The van der Waals surface area contributed by atoms with Gasteiger partial charge in [-0.15, -0.1) is 0 Å². The van der Waals surface area contributed by atoms with Crippen LogP contribution >= 0.6 is 0 Å². The quantitative estimate of drug-likeness (QED) is 0.562. The van der Waals surface area contributed by atoms with Gasteiger partial charge >= 0.3 is 0 Å². The summed E-state index contributed by atoms with van der Waals surface area (Å²) in [6.45, 7) is 6.55. The van der Waals surface area contributed by atoms with Gasteiger partial charge in [0.2, 0.25) is 0 Å². The van der Waals surface area contributed by atoms with Gasteiger partial charge in [0, 0.05) is 6.04 Å². The molecular weight excluding hydrogens is 196 g/mol. The lowest BCUT2D eigenvalue weighted by Gasteiger charge is -2.18. The normalized spacial score (nSPS) is 12.4. The van der Waals surface area contributed by atoms with Crippen LogP contribution in [0.25, 0.3) is 0 Å². The van der Waals surface area contributed by atoms with Crippen LogP contribution in [-0.2, 0) is 0 Å². The Balaban J connectivity index is 2.52. The number of anilines is 2. The number of nitrogens with one attached hydrogen (secondary N) is 1. The molecule has 0 saturated heterocycles. The molecule has 0 spiro atoms. The van der Waals surface area contributed by atoms with Gasteiger partial charge in [-0.3, -0.25) is 0 Å². The van der Waals surface area contributed by atoms with E-state index in [9.17, 15) is 0 Å². The van der Waals surface area contributed by atoms with Crippen molar-refractivity contribution in [3.8, 4) is 0 Å². The van der Waals surface area contributed by atoms with Gasteiger partial charge in [-0.25, -0.2) is 0 Å². The van der Waals surface area contributed by atoms with E-state index in [1.54, 1.807) is 0 Å². The van der Waals surface area contributed by atoms with E-state index in [-0.39, 0.29) is 0 Å². The summed E-state index contributed by atoms with van der Waals surface area (Å²) in [7, 11) is 0. The van der Waals surface area contributed by atoms with Gasteiger partial charge in [0.05, 0.1) is 11.4 Å². The molecule has 0 aromatic heterocycles. The third kappa shape index (κ3) is 3.76. The van der Waals surface area contributed by atoms with Crippen LogP contribution in [0.5, 0.6) is 0 Å². The van der Waals surface area contributed by atoms with Crippen LogP contribution < -0.4 is 11.1 Å². The van der Waals surface area contributed by atoms with Gasteiger partial charge in [0.25, 0.3) is 0 Å². The monoisotopic (exact) mass is 220 g/mol. The third-order valence-corrected chi connectivity index (χ3v) is 2.94. The first kappa shape index (κ1) is 12.9. The lowest BCUT2D eigenvalue weighted by molar-refractivity contribution is 0.615. The topological polar surface area (TPSA) is 38.0 Å². The van der Waals surface area contributed by atoms with Crippen LogP contribution in [0.1, 0.15) is 45.1 Å². The molecule has 0 aliphatic heterocycles. The van der Waals surface area contributed by atoms with E-state index >= 15 is 0 Å². The van der Waals surface area contributed by atoms with Crippen LogP contribution in [0.3, 0.4) is 0 Å². The fraction of sp³-hybridized carbons (Fsp3) is 0.571. The van der Waals surface area contributed by atoms with Crippen molar-refractivity contribution in [1.82, 2.24) is 0 Å². The summed E-state index contributed by atoms with van der Waals surface area (Å²) in [5.41, 5.74) is 9.14. The fourth-order valence-corrected chi connectivity index (χ4v) is 1.91. The first-order chi connectivity index (χ1) is 7.65. The molecule has 2 nitrogen and oxygen atoms in total. The summed E-state index contributed by atoms with van der Waals surface area (Å²) in [6.07, 6.45) is 5.09. The van der Waals surface area contributed by atoms with Crippen molar-refractivity contribution < 1.29 is 0 Å². The Morgan fingerprint density at radius 1 is 1.31 bits per heavy atom. The number of hydrogen-bond donors (Lipinski definition) is 2. The molecule has 1 aromatic carbocycles. The Morgan fingerprint density at radius 3 is 2.69 bits per heavy atom. The fourth-order valence-electron chi connectivity index (χ4n) is 1.91. The zero-order valence-corrected chi connectivity index (χ0v) is 10.7. The van der Waals surface area contributed by atoms with Gasteiger partial charge < -0.3 is 11.1 Å². The number of aryl methyl sites for hydroxylation is 1. The highest BCUT2D eigenvalue weighted by Crippen LogP contribution is 2.24. The number of nitrogens with two attached hydrogens (primary N) is 1. The van der Waals surface area contributed by atoms with Gasteiger partial charge in [0.15, 0.2) is 0 Å². The minimum absolute atomic E-state index is 0.495. The second kappa shape index (κ2) is 6.41. The highest BCUT2D eigenvalue weighted by molar-refractivity contribution is 5.70. The number of nitrogen functional groups attached to an aromatic ring is 1. The molecule has 1 atom stereocenters. The lowest BCUT2D eigenvalue weighted by atomic mass is 10.1. The van der Waals surface area contributed by atoms with Crippen LogP contribution in [0.2, 0.25) is 0 Å². The molecule has 1 unspecified atom stereocenters. The largest absolute Gasteiger partial charge is 0.397 e. The smallest absolute Gasteiger partial charge is 0.0605 e. The first-order valence-corrected chi connectivity index (χ1v) is 6.26. The van der Waals surface area contributed by atoms with Gasteiger partial charge in [-0.1, -0.05) is 38.3 Å². The molecule has 0 bridgehead atoms. The van der Waals surface area contributed by atoms with Gasteiger partial charge in [-0.2, -0.15) is 0 Å². The molecule has 0 amide bonds. The summed E-state index contributed by atoms with van der Waals surface area (Å²) in [4.78, 5) is 0. The molecular formula is C14H24N2. The van der Waals surface area contributed by atoms with Crippen LogP contribution in [0, 0.1) is 6.92 Å². The van der Waals surface area contributed by atoms with E-state index in [1.165, 1.54) is 31.2 Å². The van der Waals surface area contributed by atoms with Crippen molar-refractivity contribution in [2.75, 3.05) is 11.1 Å². The van der Waals surface area contributed by atoms with Crippen molar-refractivity contribution in [3.63, 3.8) is 0 Å². The zero-order chi connectivity index (χ0) is 12.0. The molecule has 0 saturated carbocycles. The maximum absolute atomic E-state index is 5.96. The SMILES string of the molecule is CCCCCC(C)Nc1c(C)cccc1N. The minimum Gasteiger partial charge on any atom is -0.397 e. The molecule has 1 rings (SSSR count). The molecule has 0 aliphatic rings. The summed E-state index contributed by atoms with van der Waals surface area (Å²) >= 11 is 0. The molecule has 2 heteroatoms. The highest BCUT2D eigenvalue weighted by atomic mass is 14.9. The van der Waals surface area contributed by atoms with Crippen molar-refractivity contribution in [3.05, 3.63) is 23.8 Å². The van der Waals surface area contributed by atoms with Crippen molar-refractivity contribution in [2.45, 2.75) is 52.5 Å². The lowest BCUT2D eigenvalue weighted by Crippen LogP contribution is -2.16. The maximum atomic E-state index is 5.96. The Morgan fingerprint density at radius 2 is 2.06 bits per heavy atom. The molecule has 90 valence electrons. The second-order valence-electron chi connectivity index (χ2n) is 4.58. The molecule has 0 fully saturated rings. The predicted octanol–water partition coefficient (Wildman–Crippen LogP) is 3.96. The van der Waals surface area contributed by atoms with E-state index in [2.05, 4.69) is 32.2 Å². The van der Waals surface area contributed by atoms with Gasteiger partial charge in [-0.05, 0) is 31.9 Å². The Labute approximate surface area is 99.2 Å². The van der Waals surface area contributed by atoms with Crippen molar-refractivity contribution >= 4 is 11.4 Å². The summed E-state index contributed by atoms with van der Waals surface area (Å²) in [5, 5.41) is 3.51. The van der Waals surface area contributed by atoms with Crippen molar-refractivity contribution in [2.24, 2.45) is 0 Å². The molecule has 16 heavy (non-hydrogen) atoms. The van der Waals surface area contributed by atoms with Crippen molar-refractivity contribution in [1.29, 1.82) is 0 Å². The number of hydrogen-bond acceptors (Lipinski definition) is 2. The van der Waals surface area contributed by atoms with Crippen LogP contribution in [0.15, 0.2) is 18.2 Å². The summed E-state index contributed by atoms with van der Waals surface area (Å²) in [5.74, 6) is 0. The highest BCUT2D eigenvalue weighted by Gasteiger charge is 2.06. The second-order valence-corrected chi connectivity index (χ2v) is 4.58. The van der Waals surface area contributed by atoms with E-state index in [1.807, 2.05) is 12.1 Å². The standard InChI is InChI=1S/C14H24N2/c1-4-5-6-9-12(3)16-14-11(2)8-7-10-13(14)15/h7-8,10,12,16H,4-6,9,15H2,1-3H3. The van der Waals surface area contributed by atoms with E-state index < -0.39 is 0 Å². The number of rotatable bonds is 6.